The predicted octanol–water partition coefficient (Wildman–Crippen LogP) is 13.5. The van der Waals surface area contributed by atoms with Gasteiger partial charge in [0.15, 0.2) is 5.13 Å². The molecule has 0 aromatic carbocycles. The highest BCUT2D eigenvalue weighted by molar-refractivity contribution is 7.44. The largest absolute Gasteiger partial charge is 0.358 e. The fraction of sp³-hybridized carbons (Fsp3) is 0.132. The maximum absolute atomic E-state index is 13.6. The number of aromatic amines is 4. The zero-order valence-corrected chi connectivity index (χ0v) is 41.7. The number of aryl methyl sites for hydroxylation is 1. The Kier molecular flexibility index (Phi) is 12.9. The molecule has 0 saturated heterocycles. The van der Waals surface area contributed by atoms with Crippen LogP contribution in [0.4, 0.5) is 10.1 Å². The van der Waals surface area contributed by atoms with Crippen molar-refractivity contribution in [3.8, 4) is 66.2 Å². The van der Waals surface area contributed by atoms with E-state index in [-0.39, 0.29) is 5.13 Å². The molecule has 12 aromatic rings. The highest BCUT2D eigenvalue weighted by Gasteiger charge is 2.19. The number of nitrogens with one attached hydrogen (secondary N) is 5. The van der Waals surface area contributed by atoms with Gasteiger partial charge in [-0.2, -0.15) is 14.6 Å². The van der Waals surface area contributed by atoms with Gasteiger partial charge in [0.05, 0.1) is 69.1 Å². The molecule has 12 aromatic heterocycles. The molecule has 0 bridgehead atoms. The number of hydrogen-bond acceptors (Lipinski definition) is 11. The van der Waals surface area contributed by atoms with Crippen LogP contribution in [0.5, 0.6) is 0 Å². The van der Waals surface area contributed by atoms with E-state index in [1.807, 2.05) is 82.0 Å². The van der Waals surface area contributed by atoms with Crippen LogP contribution in [0.1, 0.15) is 39.7 Å². The molecule has 0 radical (unpaired) electrons. The minimum atomic E-state index is -0.219. The van der Waals surface area contributed by atoms with Gasteiger partial charge in [-0.05, 0) is 97.6 Å². The van der Waals surface area contributed by atoms with Gasteiger partial charge in [0.25, 0.3) is 0 Å². The van der Waals surface area contributed by atoms with Gasteiger partial charge in [0, 0.05) is 84.1 Å². The van der Waals surface area contributed by atoms with Crippen LogP contribution in [0.15, 0.2) is 135 Å². The van der Waals surface area contributed by atoms with Crippen molar-refractivity contribution in [3.63, 3.8) is 0 Å². The molecule has 5 N–H and O–H groups in total. The standard InChI is InChI=1S/C28H26N7PS.C23H15FN6S.C2H6/c1-15(2)8-16(3)31-18-9-17(11-29-12-18)21-4-5-22-27(33-21)28(35-34-22)23-10-19-20(13-30-14-24(19)32-23)25-6-7-26(36)37-25;1-12-6-7-25-9-14(12)16-2-3-17-22(28-16)23(30-29-17)18-8-13-15(10-26-11-19(13)27-18)20-4-5-21(24)31-20;1-2/h4-7,9-15,31-32H,3,8,36H2,1-2H3,(H,34,35);2-11,27H,1H3,(H,29,30);1-2H3. The number of rotatable bonds is 10. The molecular weight excluding hydrogens is 933 g/mol. The van der Waals surface area contributed by atoms with Crippen LogP contribution >= 0.6 is 31.9 Å². The molecule has 0 fully saturated rings. The van der Waals surface area contributed by atoms with Crippen molar-refractivity contribution in [1.82, 2.24) is 60.3 Å². The van der Waals surface area contributed by atoms with Crippen molar-refractivity contribution in [2.75, 3.05) is 5.32 Å². The Balaban J connectivity index is 0.000000159. The predicted molar refractivity (Wildman–Crippen MR) is 289 cm³/mol. The van der Waals surface area contributed by atoms with Crippen molar-refractivity contribution in [2.24, 2.45) is 5.92 Å². The molecule has 0 aliphatic carbocycles. The normalized spacial score (nSPS) is 11.3. The molecule has 12 heterocycles. The molecule has 70 heavy (non-hydrogen) atoms. The van der Waals surface area contributed by atoms with E-state index in [9.17, 15) is 4.39 Å². The molecule has 0 aliphatic heterocycles. The zero-order valence-electron chi connectivity index (χ0n) is 38.9. The number of thiophene rings is 2. The summed E-state index contributed by atoms with van der Waals surface area (Å²) in [5.74, 6) is 0.532. The minimum Gasteiger partial charge on any atom is -0.358 e. The molecule has 0 amide bonds. The van der Waals surface area contributed by atoms with Crippen molar-refractivity contribution >= 4 is 86.1 Å². The first-order chi connectivity index (χ1) is 34.1. The number of H-pyrrole nitrogens is 4. The Morgan fingerprint density at radius 1 is 0.657 bits per heavy atom. The average molecular weight is 980 g/mol. The van der Waals surface area contributed by atoms with Crippen LogP contribution in [0.2, 0.25) is 0 Å². The number of anilines is 1. The summed E-state index contributed by atoms with van der Waals surface area (Å²) in [7, 11) is 2.76. The summed E-state index contributed by atoms with van der Waals surface area (Å²) >= 11 is 2.84. The molecule has 12 rings (SSSR count). The summed E-state index contributed by atoms with van der Waals surface area (Å²) in [5.41, 5.74) is 16.8. The Morgan fingerprint density at radius 2 is 1.24 bits per heavy atom. The molecular formula is C53H47FN13PS2. The highest BCUT2D eigenvalue weighted by Crippen LogP contribution is 2.38. The van der Waals surface area contributed by atoms with Crippen LogP contribution in [-0.2, 0) is 0 Å². The molecule has 1 atom stereocenters. The average Bonchev–Trinajstić information content (AvgIpc) is 4.24. The number of nitrogens with zero attached hydrogens (tertiary/aromatic N) is 8. The third-order valence-corrected chi connectivity index (χ3v) is 13.9. The van der Waals surface area contributed by atoms with Gasteiger partial charge in [0.2, 0.25) is 0 Å². The molecule has 0 spiro atoms. The van der Waals surface area contributed by atoms with Crippen LogP contribution in [0, 0.1) is 18.0 Å². The SMILES string of the molecule is C=C(CC(C)C)Nc1cncc(-c2ccc3[nH]nc(-c4cc5c(-c6ccc(P)s6)cncc5[nH]4)c3n2)c1.CC.Cc1ccncc1-c1ccc2[nH]nc(-c3cc4c(-c5ccc(F)s5)cncc4[nH]3)c2n1. The second-order valence-corrected chi connectivity index (χ2v) is 20.0. The lowest BCUT2D eigenvalue weighted by Gasteiger charge is -2.12. The van der Waals surface area contributed by atoms with Crippen molar-refractivity contribution in [1.29, 1.82) is 0 Å². The number of hydrogen-bond donors (Lipinski definition) is 5. The number of halogens is 1. The topological polar surface area (TPSA) is 178 Å². The smallest absolute Gasteiger partial charge is 0.176 e. The van der Waals surface area contributed by atoms with Gasteiger partial charge >= 0.3 is 0 Å². The lowest BCUT2D eigenvalue weighted by molar-refractivity contribution is 0.645. The fourth-order valence-corrected chi connectivity index (χ4v) is 10.4. The summed E-state index contributed by atoms with van der Waals surface area (Å²) in [6.07, 6.45) is 15.4. The van der Waals surface area contributed by atoms with E-state index in [4.69, 9.17) is 9.97 Å². The number of allylic oxidation sites excluding steroid dienone is 1. The Bertz CT molecular complexity index is 3840. The summed E-state index contributed by atoms with van der Waals surface area (Å²) < 4.78 is 14.8. The Morgan fingerprint density at radius 3 is 1.83 bits per heavy atom. The maximum atomic E-state index is 13.6. The van der Waals surface area contributed by atoms with Gasteiger partial charge in [-0.15, -0.1) is 22.7 Å². The quantitative estimate of drug-likeness (QED) is 0.0834. The second kappa shape index (κ2) is 19.7. The highest BCUT2D eigenvalue weighted by atomic mass is 32.1. The maximum Gasteiger partial charge on any atom is 0.176 e. The first kappa shape index (κ1) is 46.0. The third-order valence-electron chi connectivity index (χ3n) is 11.5. The van der Waals surface area contributed by atoms with Crippen LogP contribution in [0.25, 0.3) is 110 Å². The fourth-order valence-electron chi connectivity index (χ4n) is 8.32. The van der Waals surface area contributed by atoms with Crippen LogP contribution < -0.4 is 9.94 Å². The summed E-state index contributed by atoms with van der Waals surface area (Å²) in [6.45, 7) is 14.5. The van der Waals surface area contributed by atoms with E-state index in [2.05, 4.69) is 110 Å². The molecule has 0 aliphatic rings. The molecule has 17 heteroatoms. The first-order valence-corrected chi connectivity index (χ1v) is 24.9. The lowest BCUT2D eigenvalue weighted by atomic mass is 10.1. The molecule has 13 nitrogen and oxygen atoms in total. The summed E-state index contributed by atoms with van der Waals surface area (Å²) in [5, 5.41) is 20.5. The minimum absolute atomic E-state index is 0.219. The molecule has 1 unspecified atom stereocenters. The van der Waals surface area contributed by atoms with Crippen molar-refractivity contribution in [2.45, 2.75) is 41.0 Å². The van der Waals surface area contributed by atoms with Crippen molar-refractivity contribution < 1.29 is 4.39 Å². The Labute approximate surface area is 412 Å². The van der Waals surface area contributed by atoms with E-state index in [1.165, 1.54) is 15.6 Å². The monoisotopic (exact) mass is 979 g/mol. The van der Waals surface area contributed by atoms with Gasteiger partial charge in [-0.1, -0.05) is 43.5 Å². The van der Waals surface area contributed by atoms with E-state index < -0.39 is 0 Å². The Hall–Kier alpha value is -7.78. The van der Waals surface area contributed by atoms with Crippen LogP contribution in [0.3, 0.4) is 0 Å². The van der Waals surface area contributed by atoms with E-state index in [0.717, 1.165) is 140 Å². The lowest BCUT2D eigenvalue weighted by Crippen LogP contribution is -2.02. The van der Waals surface area contributed by atoms with E-state index in [0.29, 0.717) is 5.92 Å². The van der Waals surface area contributed by atoms with Gasteiger partial charge in [0.1, 0.15) is 22.4 Å². The van der Waals surface area contributed by atoms with Crippen LogP contribution in [-0.4, -0.2) is 60.3 Å². The van der Waals surface area contributed by atoms with Gasteiger partial charge in [-0.3, -0.25) is 30.1 Å². The van der Waals surface area contributed by atoms with Crippen molar-refractivity contribution in [3.05, 3.63) is 145 Å². The number of fused-ring (bicyclic) bond motifs is 4. The summed E-state index contributed by atoms with van der Waals surface area (Å²) in [6, 6.07) is 23.6. The first-order valence-electron chi connectivity index (χ1n) is 22.7. The second-order valence-electron chi connectivity index (χ2n) is 16.8. The van der Waals surface area contributed by atoms with E-state index >= 15 is 0 Å². The number of pyridine rings is 6. The number of aromatic nitrogens is 12. The molecule has 0 saturated carbocycles. The summed E-state index contributed by atoms with van der Waals surface area (Å²) in [4.78, 5) is 36.2. The third kappa shape index (κ3) is 9.24. The van der Waals surface area contributed by atoms with Gasteiger partial charge in [-0.25, -0.2) is 9.97 Å². The van der Waals surface area contributed by atoms with E-state index in [1.54, 1.807) is 42.2 Å². The zero-order chi connectivity index (χ0) is 48.5. The van der Waals surface area contributed by atoms with Gasteiger partial charge < -0.3 is 15.3 Å². The molecule has 348 valence electrons.